The lowest BCUT2D eigenvalue weighted by atomic mass is 10.1. The Morgan fingerprint density at radius 3 is 2.69 bits per heavy atom. The molecule has 2 N–H and O–H groups in total. The second kappa shape index (κ2) is 8.57. The summed E-state index contributed by atoms with van der Waals surface area (Å²) >= 11 is 0. The molecular formula is C13H26N2O. The maximum Gasteiger partial charge on any atom is 0.220 e. The largest absolute Gasteiger partial charge is 0.352 e. The Balaban J connectivity index is 1.89. The van der Waals surface area contributed by atoms with Crippen molar-refractivity contribution in [1.82, 2.24) is 10.6 Å². The molecule has 0 aliphatic carbocycles. The number of carbonyl (C=O) groups is 1. The van der Waals surface area contributed by atoms with Crippen LogP contribution in [0.1, 0.15) is 58.3 Å². The standard InChI is InChI=1S/C13H26N2O/c1-2-3-4-5-6-7-8-13(16)15-12-9-10-14-11-12/h12,14H,2-11H2,1H3,(H,15,16)/t12-/m1/s1. The van der Waals surface area contributed by atoms with Crippen LogP contribution in [0.5, 0.6) is 0 Å². The van der Waals surface area contributed by atoms with E-state index in [0.29, 0.717) is 12.5 Å². The van der Waals surface area contributed by atoms with Gasteiger partial charge in [-0.15, -0.1) is 0 Å². The normalized spacial score (nSPS) is 19.9. The average Bonchev–Trinajstić information content (AvgIpc) is 2.76. The SMILES string of the molecule is CCCCCCCCC(=O)N[C@@H]1CCNC1. The predicted octanol–water partition coefficient (Wildman–Crippen LogP) is 2.22. The lowest BCUT2D eigenvalue weighted by molar-refractivity contribution is -0.121. The molecule has 1 rings (SSSR count). The number of hydrogen-bond acceptors (Lipinski definition) is 2. The Morgan fingerprint density at radius 1 is 1.25 bits per heavy atom. The van der Waals surface area contributed by atoms with Crippen molar-refractivity contribution in [1.29, 1.82) is 0 Å². The molecule has 0 radical (unpaired) electrons. The second-order valence-corrected chi connectivity index (χ2v) is 4.78. The van der Waals surface area contributed by atoms with E-state index in [1.807, 2.05) is 0 Å². The fourth-order valence-electron chi connectivity index (χ4n) is 2.14. The molecule has 1 fully saturated rings. The van der Waals surface area contributed by atoms with Crippen LogP contribution in [0.3, 0.4) is 0 Å². The van der Waals surface area contributed by atoms with Crippen LogP contribution in [0.2, 0.25) is 0 Å². The number of unbranched alkanes of at least 4 members (excludes halogenated alkanes) is 5. The van der Waals surface area contributed by atoms with Crippen LogP contribution in [-0.4, -0.2) is 25.0 Å². The lowest BCUT2D eigenvalue weighted by Gasteiger charge is -2.10. The Labute approximate surface area is 99.4 Å². The van der Waals surface area contributed by atoms with Crippen molar-refractivity contribution in [2.45, 2.75) is 64.3 Å². The molecule has 0 aromatic carbocycles. The molecule has 1 aliphatic heterocycles. The minimum Gasteiger partial charge on any atom is -0.352 e. The van der Waals surface area contributed by atoms with Crippen molar-refractivity contribution in [2.24, 2.45) is 0 Å². The number of amides is 1. The van der Waals surface area contributed by atoms with Gasteiger partial charge in [-0.1, -0.05) is 39.0 Å². The highest BCUT2D eigenvalue weighted by Crippen LogP contribution is 2.07. The highest BCUT2D eigenvalue weighted by Gasteiger charge is 2.15. The van der Waals surface area contributed by atoms with Gasteiger partial charge in [-0.3, -0.25) is 4.79 Å². The van der Waals surface area contributed by atoms with Gasteiger partial charge in [0.25, 0.3) is 0 Å². The van der Waals surface area contributed by atoms with Crippen LogP contribution in [0.25, 0.3) is 0 Å². The van der Waals surface area contributed by atoms with Gasteiger partial charge in [0.1, 0.15) is 0 Å². The van der Waals surface area contributed by atoms with E-state index in [9.17, 15) is 4.79 Å². The van der Waals surface area contributed by atoms with E-state index in [0.717, 1.165) is 25.9 Å². The highest BCUT2D eigenvalue weighted by molar-refractivity contribution is 5.76. The van der Waals surface area contributed by atoms with Gasteiger partial charge in [0.15, 0.2) is 0 Å². The minimum absolute atomic E-state index is 0.240. The molecule has 94 valence electrons. The molecule has 1 heterocycles. The molecule has 3 heteroatoms. The van der Waals surface area contributed by atoms with Gasteiger partial charge in [-0.2, -0.15) is 0 Å². The zero-order valence-corrected chi connectivity index (χ0v) is 10.6. The molecule has 1 amide bonds. The maximum absolute atomic E-state index is 11.5. The van der Waals surface area contributed by atoms with Gasteiger partial charge in [-0.25, -0.2) is 0 Å². The summed E-state index contributed by atoms with van der Waals surface area (Å²) < 4.78 is 0. The first-order valence-corrected chi connectivity index (χ1v) is 6.83. The summed E-state index contributed by atoms with van der Waals surface area (Å²) in [6, 6.07) is 0.382. The number of hydrogen-bond donors (Lipinski definition) is 2. The Morgan fingerprint density at radius 2 is 2.00 bits per heavy atom. The Bertz CT molecular complexity index is 188. The summed E-state index contributed by atoms with van der Waals surface area (Å²) in [6.45, 7) is 4.22. The van der Waals surface area contributed by atoms with E-state index in [4.69, 9.17) is 0 Å². The van der Waals surface area contributed by atoms with E-state index in [1.54, 1.807) is 0 Å². The van der Waals surface area contributed by atoms with Crippen LogP contribution in [0, 0.1) is 0 Å². The fourth-order valence-corrected chi connectivity index (χ4v) is 2.14. The third-order valence-electron chi connectivity index (χ3n) is 3.18. The van der Waals surface area contributed by atoms with E-state index in [2.05, 4.69) is 17.6 Å². The van der Waals surface area contributed by atoms with Gasteiger partial charge >= 0.3 is 0 Å². The molecule has 0 bridgehead atoms. The van der Waals surface area contributed by atoms with Crippen LogP contribution < -0.4 is 10.6 Å². The third kappa shape index (κ3) is 6.11. The molecular weight excluding hydrogens is 200 g/mol. The molecule has 0 aromatic heterocycles. The van der Waals surface area contributed by atoms with Crippen LogP contribution in [0.4, 0.5) is 0 Å². The van der Waals surface area contributed by atoms with E-state index < -0.39 is 0 Å². The molecule has 0 saturated carbocycles. The summed E-state index contributed by atoms with van der Waals surface area (Å²) in [6.07, 6.45) is 9.28. The smallest absolute Gasteiger partial charge is 0.220 e. The van der Waals surface area contributed by atoms with E-state index >= 15 is 0 Å². The summed E-state index contributed by atoms with van der Waals surface area (Å²) in [4.78, 5) is 11.5. The number of nitrogens with one attached hydrogen (secondary N) is 2. The highest BCUT2D eigenvalue weighted by atomic mass is 16.1. The van der Waals surface area contributed by atoms with Crippen molar-refractivity contribution in [3.8, 4) is 0 Å². The minimum atomic E-state index is 0.240. The first-order valence-electron chi connectivity index (χ1n) is 6.83. The average molecular weight is 226 g/mol. The van der Waals surface area contributed by atoms with Crippen LogP contribution in [0.15, 0.2) is 0 Å². The third-order valence-corrected chi connectivity index (χ3v) is 3.18. The topological polar surface area (TPSA) is 41.1 Å². The van der Waals surface area contributed by atoms with Gasteiger partial charge in [0.2, 0.25) is 5.91 Å². The quantitative estimate of drug-likeness (QED) is 0.623. The first-order chi connectivity index (χ1) is 7.83. The van der Waals surface area contributed by atoms with E-state index in [-0.39, 0.29) is 5.91 Å². The summed E-state index contributed by atoms with van der Waals surface area (Å²) in [5, 5.41) is 6.33. The van der Waals surface area contributed by atoms with Crippen molar-refractivity contribution in [3.63, 3.8) is 0 Å². The van der Waals surface area contributed by atoms with Crippen molar-refractivity contribution < 1.29 is 4.79 Å². The van der Waals surface area contributed by atoms with Crippen LogP contribution in [-0.2, 0) is 4.79 Å². The molecule has 3 nitrogen and oxygen atoms in total. The van der Waals surface area contributed by atoms with Crippen molar-refractivity contribution in [3.05, 3.63) is 0 Å². The molecule has 16 heavy (non-hydrogen) atoms. The van der Waals surface area contributed by atoms with Crippen molar-refractivity contribution in [2.75, 3.05) is 13.1 Å². The zero-order chi connectivity index (χ0) is 11.6. The first kappa shape index (κ1) is 13.5. The lowest BCUT2D eigenvalue weighted by Crippen LogP contribution is -2.35. The summed E-state index contributed by atoms with van der Waals surface area (Å²) in [5.74, 6) is 0.240. The predicted molar refractivity (Wildman–Crippen MR) is 67.4 cm³/mol. The van der Waals surface area contributed by atoms with Gasteiger partial charge in [0.05, 0.1) is 0 Å². The van der Waals surface area contributed by atoms with Gasteiger partial charge in [0, 0.05) is 19.0 Å². The zero-order valence-electron chi connectivity index (χ0n) is 10.6. The monoisotopic (exact) mass is 226 g/mol. The Kier molecular flexibility index (Phi) is 7.23. The molecule has 1 saturated heterocycles. The van der Waals surface area contributed by atoms with E-state index in [1.165, 1.54) is 32.1 Å². The molecule has 1 atom stereocenters. The second-order valence-electron chi connectivity index (χ2n) is 4.78. The van der Waals surface area contributed by atoms with Crippen LogP contribution >= 0.6 is 0 Å². The molecule has 0 spiro atoms. The van der Waals surface area contributed by atoms with Crippen molar-refractivity contribution >= 4 is 5.91 Å². The Hall–Kier alpha value is -0.570. The molecule has 0 aromatic rings. The number of rotatable bonds is 8. The molecule has 1 aliphatic rings. The maximum atomic E-state index is 11.5. The number of carbonyl (C=O) groups excluding carboxylic acids is 1. The summed E-state index contributed by atoms with van der Waals surface area (Å²) in [7, 11) is 0. The van der Waals surface area contributed by atoms with Gasteiger partial charge < -0.3 is 10.6 Å². The van der Waals surface area contributed by atoms with Gasteiger partial charge in [-0.05, 0) is 19.4 Å². The summed E-state index contributed by atoms with van der Waals surface area (Å²) in [5.41, 5.74) is 0. The molecule has 0 unspecified atom stereocenters. The fraction of sp³-hybridized carbons (Fsp3) is 0.923.